The fourth-order valence-electron chi connectivity index (χ4n) is 4.75. The molecule has 78 valence electrons. The molecule has 3 N–H and O–H groups in total. The van der Waals surface area contributed by atoms with Crippen molar-refractivity contribution in [2.45, 2.75) is 38.6 Å². The Labute approximate surface area is 83.7 Å². The van der Waals surface area contributed by atoms with Crippen LogP contribution in [-0.4, -0.2) is 17.1 Å². The summed E-state index contributed by atoms with van der Waals surface area (Å²) in [7, 11) is 0. The van der Waals surface area contributed by atoms with Crippen LogP contribution >= 0.6 is 0 Å². The summed E-state index contributed by atoms with van der Waals surface area (Å²) in [6.07, 6.45) is 4.63. The second-order valence-electron chi connectivity index (χ2n) is 5.62. The van der Waals surface area contributed by atoms with Crippen molar-refractivity contribution < 1.29 is 9.90 Å². The Morgan fingerprint density at radius 2 is 2.36 bits per heavy atom. The first-order valence-electron chi connectivity index (χ1n) is 5.51. The molecule has 3 heteroatoms. The smallest absolute Gasteiger partial charge is 0.320 e. The molecule has 14 heavy (non-hydrogen) atoms. The summed E-state index contributed by atoms with van der Waals surface area (Å²) in [6, 6.07) is -0.640. The summed E-state index contributed by atoms with van der Waals surface area (Å²) < 4.78 is 0. The highest BCUT2D eigenvalue weighted by Gasteiger charge is 2.85. The van der Waals surface area contributed by atoms with Gasteiger partial charge in [0.2, 0.25) is 0 Å². The van der Waals surface area contributed by atoms with Crippen molar-refractivity contribution in [2.75, 3.05) is 0 Å². The average Bonchev–Trinajstić information content (AvgIpc) is 2.38. The van der Waals surface area contributed by atoms with E-state index in [-0.39, 0.29) is 0 Å². The van der Waals surface area contributed by atoms with Crippen LogP contribution in [0, 0.1) is 22.7 Å². The minimum Gasteiger partial charge on any atom is -0.480 e. The Kier molecular flexibility index (Phi) is 1.34. The first-order chi connectivity index (χ1) is 6.52. The van der Waals surface area contributed by atoms with Gasteiger partial charge in [0.15, 0.2) is 0 Å². The minimum atomic E-state index is -0.837. The number of fused-ring (bicyclic) bond motifs is 1. The Bertz CT molecular complexity index is 316. The van der Waals surface area contributed by atoms with Gasteiger partial charge in [-0.2, -0.15) is 0 Å². The van der Waals surface area contributed by atoms with Gasteiger partial charge in [0, 0.05) is 0 Å². The van der Waals surface area contributed by atoms with Gasteiger partial charge >= 0.3 is 5.97 Å². The Morgan fingerprint density at radius 1 is 1.64 bits per heavy atom. The molecule has 0 aliphatic heterocycles. The fourth-order valence-corrected chi connectivity index (χ4v) is 4.75. The zero-order chi connectivity index (χ0) is 10.1. The van der Waals surface area contributed by atoms with Gasteiger partial charge in [0.25, 0.3) is 0 Å². The highest BCUT2D eigenvalue weighted by molar-refractivity contribution is 5.73. The van der Waals surface area contributed by atoms with Crippen LogP contribution in [0.4, 0.5) is 0 Å². The van der Waals surface area contributed by atoms with E-state index in [1.807, 2.05) is 0 Å². The molecule has 0 aromatic heterocycles. The third-order valence-electron chi connectivity index (χ3n) is 5.54. The zero-order valence-corrected chi connectivity index (χ0v) is 8.49. The summed E-state index contributed by atoms with van der Waals surface area (Å²) in [5, 5.41) is 8.81. The van der Waals surface area contributed by atoms with Crippen LogP contribution in [0.3, 0.4) is 0 Å². The van der Waals surface area contributed by atoms with E-state index < -0.39 is 12.0 Å². The van der Waals surface area contributed by atoms with Crippen molar-refractivity contribution >= 4 is 5.97 Å². The molecule has 3 aliphatic carbocycles. The van der Waals surface area contributed by atoms with E-state index >= 15 is 0 Å². The fraction of sp³-hybridized carbons (Fsp3) is 0.909. The molecule has 0 aromatic rings. The van der Waals surface area contributed by atoms with E-state index in [0.717, 1.165) is 11.8 Å². The SMILES string of the molecule is CC12C3CCC1C2(CC(N)C(=O)O)C3. The predicted octanol–water partition coefficient (Wildman–Crippen LogP) is 1.22. The number of nitrogens with two attached hydrogens (primary N) is 1. The number of carboxylic acid groups (broad SMARTS) is 1. The highest BCUT2D eigenvalue weighted by atomic mass is 16.4. The number of carbonyl (C=O) groups is 1. The third-order valence-corrected chi connectivity index (χ3v) is 5.54. The summed E-state index contributed by atoms with van der Waals surface area (Å²) in [6.45, 7) is 2.34. The maximum absolute atomic E-state index is 10.7. The first-order valence-corrected chi connectivity index (χ1v) is 5.51. The van der Waals surface area contributed by atoms with E-state index in [4.69, 9.17) is 10.8 Å². The van der Waals surface area contributed by atoms with Crippen molar-refractivity contribution in [1.82, 2.24) is 0 Å². The quantitative estimate of drug-likeness (QED) is 0.711. The molecule has 0 aromatic carbocycles. The second kappa shape index (κ2) is 2.16. The lowest BCUT2D eigenvalue weighted by atomic mass is 9.62. The Morgan fingerprint density at radius 3 is 2.79 bits per heavy atom. The van der Waals surface area contributed by atoms with E-state index in [0.29, 0.717) is 17.3 Å². The van der Waals surface area contributed by atoms with Crippen molar-refractivity contribution in [3.63, 3.8) is 0 Å². The highest BCUT2D eigenvalue weighted by Crippen LogP contribution is 2.91. The molecule has 0 radical (unpaired) electrons. The molecule has 3 fully saturated rings. The lowest BCUT2D eigenvalue weighted by Gasteiger charge is -2.43. The summed E-state index contributed by atoms with van der Waals surface area (Å²) >= 11 is 0. The van der Waals surface area contributed by atoms with Crippen LogP contribution in [-0.2, 0) is 4.79 Å². The summed E-state index contributed by atoms with van der Waals surface area (Å²) in [4.78, 5) is 10.7. The summed E-state index contributed by atoms with van der Waals surface area (Å²) in [5.74, 6) is 0.843. The molecule has 0 heterocycles. The molecule has 3 nitrogen and oxygen atoms in total. The maximum atomic E-state index is 10.7. The van der Waals surface area contributed by atoms with Crippen molar-refractivity contribution in [1.29, 1.82) is 0 Å². The van der Waals surface area contributed by atoms with E-state index in [2.05, 4.69) is 6.92 Å². The van der Waals surface area contributed by atoms with Gasteiger partial charge in [0.1, 0.15) is 6.04 Å². The average molecular weight is 195 g/mol. The topological polar surface area (TPSA) is 63.3 Å². The lowest BCUT2D eigenvalue weighted by Crippen LogP contribution is -2.42. The van der Waals surface area contributed by atoms with Gasteiger partial charge in [-0.05, 0) is 48.3 Å². The van der Waals surface area contributed by atoms with E-state index in [1.54, 1.807) is 0 Å². The number of hydrogen-bond acceptors (Lipinski definition) is 2. The van der Waals surface area contributed by atoms with Gasteiger partial charge in [-0.15, -0.1) is 0 Å². The molecule has 5 unspecified atom stereocenters. The maximum Gasteiger partial charge on any atom is 0.320 e. The van der Waals surface area contributed by atoms with Crippen molar-refractivity contribution in [3.05, 3.63) is 0 Å². The van der Waals surface area contributed by atoms with Crippen LogP contribution < -0.4 is 5.73 Å². The number of hydrogen-bond donors (Lipinski definition) is 2. The van der Waals surface area contributed by atoms with Crippen molar-refractivity contribution in [3.8, 4) is 0 Å². The monoisotopic (exact) mass is 195 g/mol. The molecule has 3 rings (SSSR count). The Balaban J connectivity index is 1.75. The van der Waals surface area contributed by atoms with Gasteiger partial charge < -0.3 is 10.8 Å². The zero-order valence-electron chi connectivity index (χ0n) is 8.49. The molecule has 3 saturated carbocycles. The standard InChI is InChI=1S/C11H17NO2/c1-10-6-2-3-8(10)11(10,4-6)5-7(12)9(13)14/h6-8H,2-5,12H2,1H3,(H,13,14). The first kappa shape index (κ1) is 8.72. The molecule has 5 atom stereocenters. The van der Waals surface area contributed by atoms with Crippen molar-refractivity contribution in [2.24, 2.45) is 28.4 Å². The third kappa shape index (κ3) is 0.659. The molecule has 0 bridgehead atoms. The van der Waals surface area contributed by atoms with Crippen LogP contribution in [0.15, 0.2) is 0 Å². The number of rotatable bonds is 3. The molecule has 0 amide bonds. The van der Waals surface area contributed by atoms with Crippen LogP contribution in [0.2, 0.25) is 0 Å². The minimum absolute atomic E-state index is 0.341. The van der Waals surface area contributed by atoms with Gasteiger partial charge in [-0.1, -0.05) is 6.92 Å². The normalized spacial score (nSPS) is 54.7. The molecule has 0 spiro atoms. The predicted molar refractivity (Wildman–Crippen MR) is 51.6 cm³/mol. The van der Waals surface area contributed by atoms with E-state index in [9.17, 15) is 4.79 Å². The van der Waals surface area contributed by atoms with Crippen LogP contribution in [0.1, 0.15) is 32.6 Å². The van der Waals surface area contributed by atoms with Crippen LogP contribution in [0.25, 0.3) is 0 Å². The van der Waals surface area contributed by atoms with Crippen LogP contribution in [0.5, 0.6) is 0 Å². The number of carboxylic acids is 1. The molecule has 3 aliphatic rings. The number of aliphatic carboxylic acids is 1. The molecular weight excluding hydrogens is 178 g/mol. The summed E-state index contributed by atoms with van der Waals surface area (Å²) in [5.41, 5.74) is 6.46. The Hall–Kier alpha value is -0.570. The molecule has 0 saturated heterocycles. The second-order valence-corrected chi connectivity index (χ2v) is 5.62. The molecular formula is C11H17NO2. The largest absolute Gasteiger partial charge is 0.480 e. The van der Waals surface area contributed by atoms with Gasteiger partial charge in [-0.3, -0.25) is 4.79 Å². The van der Waals surface area contributed by atoms with E-state index in [1.165, 1.54) is 19.3 Å². The van der Waals surface area contributed by atoms with Gasteiger partial charge in [-0.25, -0.2) is 0 Å². The van der Waals surface area contributed by atoms with Gasteiger partial charge in [0.05, 0.1) is 0 Å². The lowest BCUT2D eigenvalue weighted by molar-refractivity contribution is -0.139.